The van der Waals surface area contributed by atoms with Gasteiger partial charge in [-0.2, -0.15) is 0 Å². The van der Waals surface area contributed by atoms with Gasteiger partial charge in [-0.15, -0.1) is 0 Å². The van der Waals surface area contributed by atoms with Gasteiger partial charge in [0.15, 0.2) is 0 Å². The molecule has 122 valence electrons. The van der Waals surface area contributed by atoms with Crippen LogP contribution in [0.2, 0.25) is 5.02 Å². The Morgan fingerprint density at radius 1 is 1.50 bits per heavy atom. The maximum absolute atomic E-state index is 12.2. The van der Waals surface area contributed by atoms with Gasteiger partial charge in [-0.3, -0.25) is 4.79 Å². The highest BCUT2D eigenvalue weighted by Gasteiger charge is 2.26. The highest BCUT2D eigenvalue weighted by Crippen LogP contribution is 2.28. The lowest BCUT2D eigenvalue weighted by Gasteiger charge is -2.26. The standard InChI is InChI=1S/C16H23ClN2O3/c1-2-7-22-14-4-3-12(10-13(14)17)19-16(20)15(18)11-5-8-21-9-6-11/h3-4,10-11,15H,2,5-9,18H2,1H3,(H,19,20). The van der Waals surface area contributed by atoms with Gasteiger partial charge in [0, 0.05) is 18.9 Å². The summed E-state index contributed by atoms with van der Waals surface area (Å²) < 4.78 is 10.8. The second-order valence-corrected chi connectivity index (χ2v) is 5.87. The van der Waals surface area contributed by atoms with E-state index in [4.69, 9.17) is 26.8 Å². The average molecular weight is 327 g/mol. The number of rotatable bonds is 6. The second-order valence-electron chi connectivity index (χ2n) is 5.46. The summed E-state index contributed by atoms with van der Waals surface area (Å²) >= 11 is 6.15. The van der Waals surface area contributed by atoms with Gasteiger partial charge >= 0.3 is 0 Å². The van der Waals surface area contributed by atoms with Gasteiger partial charge in [0.05, 0.1) is 17.7 Å². The van der Waals surface area contributed by atoms with Crippen molar-refractivity contribution in [3.05, 3.63) is 23.2 Å². The molecule has 1 saturated heterocycles. The SMILES string of the molecule is CCCOc1ccc(NC(=O)C(N)C2CCOCC2)cc1Cl. The van der Waals surface area contributed by atoms with E-state index in [2.05, 4.69) is 5.32 Å². The lowest BCUT2D eigenvalue weighted by Crippen LogP contribution is -2.44. The molecule has 1 amide bonds. The summed E-state index contributed by atoms with van der Waals surface area (Å²) in [5.74, 6) is 0.594. The fourth-order valence-electron chi connectivity index (χ4n) is 2.42. The molecule has 1 heterocycles. The third kappa shape index (κ3) is 4.60. The summed E-state index contributed by atoms with van der Waals surface area (Å²) in [6.07, 6.45) is 2.55. The predicted molar refractivity (Wildman–Crippen MR) is 87.4 cm³/mol. The molecule has 2 rings (SSSR count). The maximum Gasteiger partial charge on any atom is 0.241 e. The number of carbonyl (C=O) groups is 1. The van der Waals surface area contributed by atoms with Crippen LogP contribution in [0.3, 0.4) is 0 Å². The molecule has 1 aromatic carbocycles. The van der Waals surface area contributed by atoms with E-state index in [0.717, 1.165) is 19.3 Å². The van der Waals surface area contributed by atoms with Crippen molar-refractivity contribution in [3.8, 4) is 5.75 Å². The Bertz CT molecular complexity index is 504. The Balaban J connectivity index is 1.94. The summed E-state index contributed by atoms with van der Waals surface area (Å²) in [5.41, 5.74) is 6.67. The van der Waals surface area contributed by atoms with Gasteiger partial charge in [-0.1, -0.05) is 18.5 Å². The minimum absolute atomic E-state index is 0.163. The van der Waals surface area contributed by atoms with E-state index in [9.17, 15) is 4.79 Å². The zero-order valence-corrected chi connectivity index (χ0v) is 13.6. The summed E-state index contributed by atoms with van der Waals surface area (Å²) in [6.45, 7) is 3.97. The number of carbonyl (C=O) groups excluding carboxylic acids is 1. The Hall–Kier alpha value is -1.30. The van der Waals surface area contributed by atoms with Crippen molar-refractivity contribution in [1.82, 2.24) is 0 Å². The number of anilines is 1. The molecule has 1 aromatic rings. The van der Waals surface area contributed by atoms with E-state index < -0.39 is 6.04 Å². The van der Waals surface area contributed by atoms with E-state index >= 15 is 0 Å². The zero-order valence-electron chi connectivity index (χ0n) is 12.8. The Kier molecular flexibility index (Phi) is 6.49. The molecule has 1 aliphatic heterocycles. The Morgan fingerprint density at radius 2 is 2.23 bits per heavy atom. The molecular weight excluding hydrogens is 304 g/mol. The zero-order chi connectivity index (χ0) is 15.9. The Labute approximate surface area is 136 Å². The predicted octanol–water partition coefficient (Wildman–Crippen LogP) is 2.82. The van der Waals surface area contributed by atoms with Crippen molar-refractivity contribution in [1.29, 1.82) is 0 Å². The van der Waals surface area contributed by atoms with Crippen molar-refractivity contribution >= 4 is 23.2 Å². The highest BCUT2D eigenvalue weighted by molar-refractivity contribution is 6.32. The van der Waals surface area contributed by atoms with Crippen LogP contribution in [-0.2, 0) is 9.53 Å². The normalized spacial score (nSPS) is 17.0. The molecular formula is C16H23ClN2O3. The van der Waals surface area contributed by atoms with E-state index in [1.807, 2.05) is 6.92 Å². The van der Waals surface area contributed by atoms with Crippen molar-refractivity contribution in [3.63, 3.8) is 0 Å². The number of amides is 1. The van der Waals surface area contributed by atoms with Crippen LogP contribution in [0.1, 0.15) is 26.2 Å². The summed E-state index contributed by atoms with van der Waals surface area (Å²) in [5, 5.41) is 3.30. The van der Waals surface area contributed by atoms with Gasteiger partial charge in [-0.25, -0.2) is 0 Å². The molecule has 1 fully saturated rings. The number of benzene rings is 1. The van der Waals surface area contributed by atoms with Crippen LogP contribution in [0.4, 0.5) is 5.69 Å². The van der Waals surface area contributed by atoms with Crippen LogP contribution in [0.5, 0.6) is 5.75 Å². The van der Waals surface area contributed by atoms with Crippen molar-refractivity contribution in [2.45, 2.75) is 32.2 Å². The number of hydrogen-bond donors (Lipinski definition) is 2. The highest BCUT2D eigenvalue weighted by atomic mass is 35.5. The summed E-state index contributed by atoms with van der Waals surface area (Å²) in [7, 11) is 0. The quantitative estimate of drug-likeness (QED) is 0.843. The monoisotopic (exact) mass is 326 g/mol. The van der Waals surface area contributed by atoms with Crippen LogP contribution in [0.25, 0.3) is 0 Å². The fraction of sp³-hybridized carbons (Fsp3) is 0.562. The molecule has 0 saturated carbocycles. The van der Waals surface area contributed by atoms with E-state index in [0.29, 0.717) is 36.3 Å². The van der Waals surface area contributed by atoms with Crippen molar-refractivity contribution in [2.75, 3.05) is 25.1 Å². The minimum atomic E-state index is -0.529. The average Bonchev–Trinajstić information content (AvgIpc) is 2.54. The van der Waals surface area contributed by atoms with Crippen LogP contribution in [0.15, 0.2) is 18.2 Å². The lowest BCUT2D eigenvalue weighted by molar-refractivity contribution is -0.119. The minimum Gasteiger partial charge on any atom is -0.492 e. The molecule has 0 aliphatic carbocycles. The molecule has 1 atom stereocenters. The number of nitrogens with one attached hydrogen (secondary N) is 1. The molecule has 6 heteroatoms. The van der Waals surface area contributed by atoms with E-state index in [1.165, 1.54) is 0 Å². The van der Waals surface area contributed by atoms with Crippen LogP contribution in [-0.4, -0.2) is 31.8 Å². The maximum atomic E-state index is 12.2. The van der Waals surface area contributed by atoms with Gasteiger partial charge in [0.2, 0.25) is 5.91 Å². The number of halogens is 1. The number of nitrogens with two attached hydrogens (primary N) is 1. The molecule has 1 aliphatic rings. The molecule has 5 nitrogen and oxygen atoms in total. The third-order valence-corrected chi connectivity index (χ3v) is 4.03. The molecule has 0 radical (unpaired) electrons. The summed E-state index contributed by atoms with van der Waals surface area (Å²) in [6, 6.07) is 4.68. The topological polar surface area (TPSA) is 73.6 Å². The largest absolute Gasteiger partial charge is 0.492 e. The first-order valence-corrected chi connectivity index (χ1v) is 8.06. The first-order chi connectivity index (χ1) is 10.6. The van der Waals surface area contributed by atoms with Crippen molar-refractivity contribution in [2.24, 2.45) is 11.7 Å². The lowest BCUT2D eigenvalue weighted by atomic mass is 9.92. The molecule has 0 spiro atoms. The van der Waals surface area contributed by atoms with Crippen LogP contribution in [0, 0.1) is 5.92 Å². The van der Waals surface area contributed by atoms with Crippen molar-refractivity contribution < 1.29 is 14.3 Å². The second kappa shape index (κ2) is 8.36. The molecule has 0 bridgehead atoms. The van der Waals surface area contributed by atoms with Gasteiger partial charge in [-0.05, 0) is 43.4 Å². The molecule has 22 heavy (non-hydrogen) atoms. The van der Waals surface area contributed by atoms with Gasteiger partial charge < -0.3 is 20.5 Å². The Morgan fingerprint density at radius 3 is 2.86 bits per heavy atom. The first kappa shape index (κ1) is 17.1. The third-order valence-electron chi connectivity index (χ3n) is 3.74. The van der Waals surface area contributed by atoms with E-state index in [-0.39, 0.29) is 11.8 Å². The number of ether oxygens (including phenoxy) is 2. The van der Waals surface area contributed by atoms with Gasteiger partial charge in [0.25, 0.3) is 0 Å². The molecule has 1 unspecified atom stereocenters. The van der Waals surface area contributed by atoms with Crippen LogP contribution < -0.4 is 15.8 Å². The fourth-order valence-corrected chi connectivity index (χ4v) is 2.66. The van der Waals surface area contributed by atoms with E-state index in [1.54, 1.807) is 18.2 Å². The smallest absolute Gasteiger partial charge is 0.241 e. The van der Waals surface area contributed by atoms with Crippen LogP contribution >= 0.6 is 11.6 Å². The first-order valence-electron chi connectivity index (χ1n) is 7.68. The summed E-state index contributed by atoms with van der Waals surface area (Å²) in [4.78, 5) is 12.2. The number of hydrogen-bond acceptors (Lipinski definition) is 4. The van der Waals surface area contributed by atoms with Gasteiger partial charge in [0.1, 0.15) is 5.75 Å². The molecule has 3 N–H and O–H groups in total. The molecule has 0 aromatic heterocycles.